The fourth-order valence-electron chi connectivity index (χ4n) is 1.66. The Hall–Kier alpha value is 0. The largest absolute Gasteiger partial charge is 0.449 e. The van der Waals surface area contributed by atoms with Crippen molar-refractivity contribution >= 4 is 28.7 Å². The predicted molar refractivity (Wildman–Crippen MR) is 64.8 cm³/mol. The van der Waals surface area contributed by atoms with Crippen molar-refractivity contribution in [3.05, 3.63) is 0 Å². The summed E-state index contributed by atoms with van der Waals surface area (Å²) in [5, 5.41) is 0. The lowest BCUT2D eigenvalue weighted by atomic mass is 10.0. The molecule has 14 heavy (non-hydrogen) atoms. The Bertz CT molecular complexity index is 187. The van der Waals surface area contributed by atoms with E-state index in [4.69, 9.17) is 4.74 Å². The summed E-state index contributed by atoms with van der Waals surface area (Å²) in [6.45, 7) is 4.51. The van der Waals surface area contributed by atoms with Crippen LogP contribution >= 0.6 is 22.6 Å². The van der Waals surface area contributed by atoms with Crippen molar-refractivity contribution in [1.29, 1.82) is 0 Å². The van der Waals surface area contributed by atoms with Gasteiger partial charge in [-0.15, -0.1) is 0 Å². The topological polar surface area (TPSA) is 29.5 Å². The van der Waals surface area contributed by atoms with Gasteiger partial charge in [-0.1, -0.05) is 29.5 Å². The lowest BCUT2D eigenvalue weighted by molar-refractivity contribution is 0.110. The molecule has 1 heterocycles. The van der Waals surface area contributed by atoms with Crippen molar-refractivity contribution in [3.63, 3.8) is 0 Å². The predicted octanol–water partition coefficient (Wildman–Crippen LogP) is 2.68. The van der Waals surface area contributed by atoms with Gasteiger partial charge in [0.2, 0.25) is 0 Å². The maximum atomic E-state index is 11.5. The van der Waals surface area contributed by atoms with Crippen LogP contribution in [0.15, 0.2) is 0 Å². The third-order valence-electron chi connectivity index (χ3n) is 2.58. The molecule has 0 saturated carbocycles. The molecule has 0 aliphatic carbocycles. The number of ether oxygens (including phenoxy) is 1. The molecule has 0 aromatic rings. The number of hydrogen-bond donors (Lipinski definition) is 0. The molecule has 1 amide bonds. The lowest BCUT2D eigenvalue weighted by Gasteiger charge is -2.19. The van der Waals surface area contributed by atoms with Gasteiger partial charge in [-0.2, -0.15) is 0 Å². The molecule has 0 spiro atoms. The summed E-state index contributed by atoms with van der Waals surface area (Å²) in [6.07, 6.45) is 3.33. The normalized spacial score (nSPS) is 23.0. The van der Waals surface area contributed by atoms with Crippen LogP contribution in [0.4, 0.5) is 4.79 Å². The summed E-state index contributed by atoms with van der Waals surface area (Å²) in [7, 11) is 0. The molecule has 1 fully saturated rings. The van der Waals surface area contributed by atoms with Crippen LogP contribution in [0.3, 0.4) is 0 Å². The SMILES string of the molecule is CC1CCCN(C(=O)OCCI)CC1. The minimum atomic E-state index is -0.129. The van der Waals surface area contributed by atoms with Gasteiger partial charge in [-0.05, 0) is 25.2 Å². The zero-order valence-electron chi connectivity index (χ0n) is 8.67. The average Bonchev–Trinajstić information content (AvgIpc) is 2.39. The molecular weight excluding hydrogens is 293 g/mol. The molecule has 0 aromatic heterocycles. The van der Waals surface area contributed by atoms with Crippen molar-refractivity contribution in [2.75, 3.05) is 24.1 Å². The molecule has 1 atom stereocenters. The van der Waals surface area contributed by atoms with Crippen LogP contribution in [-0.2, 0) is 4.74 Å². The van der Waals surface area contributed by atoms with Gasteiger partial charge in [-0.25, -0.2) is 4.79 Å². The van der Waals surface area contributed by atoms with Crippen molar-refractivity contribution in [1.82, 2.24) is 4.90 Å². The van der Waals surface area contributed by atoms with E-state index >= 15 is 0 Å². The first-order chi connectivity index (χ1) is 6.74. The Balaban J connectivity index is 2.31. The summed E-state index contributed by atoms with van der Waals surface area (Å²) in [6, 6.07) is 0. The first kappa shape index (κ1) is 12.1. The smallest absolute Gasteiger partial charge is 0.409 e. The van der Waals surface area contributed by atoms with E-state index in [1.54, 1.807) is 0 Å². The summed E-state index contributed by atoms with van der Waals surface area (Å²) in [5.41, 5.74) is 0. The highest BCUT2D eigenvalue weighted by atomic mass is 127. The molecule has 1 aliphatic rings. The fraction of sp³-hybridized carbons (Fsp3) is 0.900. The highest BCUT2D eigenvalue weighted by Crippen LogP contribution is 2.16. The molecule has 3 nitrogen and oxygen atoms in total. The van der Waals surface area contributed by atoms with Gasteiger partial charge < -0.3 is 9.64 Å². The van der Waals surface area contributed by atoms with E-state index in [-0.39, 0.29) is 6.09 Å². The Kier molecular flexibility index (Phi) is 5.59. The zero-order chi connectivity index (χ0) is 10.4. The van der Waals surface area contributed by atoms with E-state index < -0.39 is 0 Å². The van der Waals surface area contributed by atoms with E-state index in [2.05, 4.69) is 29.5 Å². The zero-order valence-corrected chi connectivity index (χ0v) is 10.8. The molecule has 82 valence electrons. The second kappa shape index (κ2) is 6.48. The summed E-state index contributed by atoms with van der Waals surface area (Å²) in [5.74, 6) is 0.748. The van der Waals surface area contributed by atoms with Gasteiger partial charge in [0.05, 0.1) is 0 Å². The van der Waals surface area contributed by atoms with Crippen molar-refractivity contribution in [3.8, 4) is 0 Å². The standard InChI is InChI=1S/C10H18INO2/c1-9-3-2-6-12(7-4-9)10(13)14-8-5-11/h9H,2-8H2,1H3. The minimum Gasteiger partial charge on any atom is -0.449 e. The maximum absolute atomic E-state index is 11.5. The van der Waals surface area contributed by atoms with Crippen LogP contribution in [-0.4, -0.2) is 35.1 Å². The monoisotopic (exact) mass is 311 g/mol. The number of nitrogens with zero attached hydrogens (tertiary/aromatic N) is 1. The number of alkyl halides is 1. The van der Waals surface area contributed by atoms with E-state index in [0.717, 1.165) is 36.3 Å². The number of likely N-dealkylation sites (tertiary alicyclic amines) is 1. The first-order valence-corrected chi connectivity index (χ1v) is 6.74. The van der Waals surface area contributed by atoms with Crippen molar-refractivity contribution < 1.29 is 9.53 Å². The number of carbonyl (C=O) groups excluding carboxylic acids is 1. The van der Waals surface area contributed by atoms with Gasteiger partial charge in [0.15, 0.2) is 0 Å². The van der Waals surface area contributed by atoms with Gasteiger partial charge in [0, 0.05) is 17.5 Å². The number of rotatable bonds is 2. The molecule has 0 radical (unpaired) electrons. The van der Waals surface area contributed by atoms with E-state index in [1.807, 2.05) is 4.90 Å². The third-order valence-corrected chi connectivity index (χ3v) is 3.02. The van der Waals surface area contributed by atoms with Crippen LogP contribution in [0.25, 0.3) is 0 Å². The Morgan fingerprint density at radius 3 is 3.00 bits per heavy atom. The maximum Gasteiger partial charge on any atom is 0.409 e. The molecule has 1 saturated heterocycles. The molecule has 1 aliphatic heterocycles. The molecule has 1 unspecified atom stereocenters. The Morgan fingerprint density at radius 1 is 1.50 bits per heavy atom. The van der Waals surface area contributed by atoms with E-state index in [0.29, 0.717) is 6.61 Å². The van der Waals surface area contributed by atoms with Crippen LogP contribution in [0.5, 0.6) is 0 Å². The van der Waals surface area contributed by atoms with Crippen LogP contribution in [0.2, 0.25) is 0 Å². The van der Waals surface area contributed by atoms with Crippen LogP contribution in [0.1, 0.15) is 26.2 Å². The summed E-state index contributed by atoms with van der Waals surface area (Å²) >= 11 is 2.21. The van der Waals surface area contributed by atoms with E-state index in [1.165, 1.54) is 6.42 Å². The second-order valence-corrected chi connectivity index (χ2v) is 4.91. The summed E-state index contributed by atoms with van der Waals surface area (Å²) < 4.78 is 5.97. The number of carbonyl (C=O) groups is 1. The Labute approximate surface area is 99.3 Å². The molecule has 4 heteroatoms. The third kappa shape index (κ3) is 4.02. The molecule has 1 rings (SSSR count). The van der Waals surface area contributed by atoms with Gasteiger partial charge in [-0.3, -0.25) is 0 Å². The van der Waals surface area contributed by atoms with Gasteiger partial charge >= 0.3 is 6.09 Å². The van der Waals surface area contributed by atoms with Gasteiger partial charge in [0.25, 0.3) is 0 Å². The number of hydrogen-bond acceptors (Lipinski definition) is 2. The highest BCUT2D eigenvalue weighted by molar-refractivity contribution is 14.1. The molecular formula is C10H18INO2. The number of amides is 1. The quantitative estimate of drug-likeness (QED) is 0.580. The van der Waals surface area contributed by atoms with Crippen molar-refractivity contribution in [2.45, 2.75) is 26.2 Å². The molecule has 0 bridgehead atoms. The average molecular weight is 311 g/mol. The second-order valence-electron chi connectivity index (χ2n) is 3.83. The van der Waals surface area contributed by atoms with Gasteiger partial charge in [0.1, 0.15) is 6.61 Å². The Morgan fingerprint density at radius 2 is 2.29 bits per heavy atom. The van der Waals surface area contributed by atoms with Crippen LogP contribution < -0.4 is 0 Å². The van der Waals surface area contributed by atoms with Crippen molar-refractivity contribution in [2.24, 2.45) is 5.92 Å². The molecule has 0 aromatic carbocycles. The minimum absolute atomic E-state index is 0.129. The highest BCUT2D eigenvalue weighted by Gasteiger charge is 2.18. The summed E-state index contributed by atoms with van der Waals surface area (Å²) in [4.78, 5) is 13.4. The molecule has 0 N–H and O–H groups in total. The van der Waals surface area contributed by atoms with Crippen LogP contribution in [0, 0.1) is 5.92 Å². The lowest BCUT2D eigenvalue weighted by Crippen LogP contribution is -2.32. The number of halogens is 1. The fourth-order valence-corrected chi connectivity index (χ4v) is 1.88. The first-order valence-electron chi connectivity index (χ1n) is 5.21. The van der Waals surface area contributed by atoms with E-state index in [9.17, 15) is 4.79 Å².